The van der Waals surface area contributed by atoms with Gasteiger partial charge in [-0.1, -0.05) is 36.4 Å². The summed E-state index contributed by atoms with van der Waals surface area (Å²) < 4.78 is 5.61. The molecule has 1 heterocycles. The summed E-state index contributed by atoms with van der Waals surface area (Å²) in [4.78, 5) is 20.2. The number of aromatic nitrogens is 2. The number of rotatable bonds is 7. The van der Waals surface area contributed by atoms with E-state index in [4.69, 9.17) is 10.5 Å². The zero-order chi connectivity index (χ0) is 17.5. The summed E-state index contributed by atoms with van der Waals surface area (Å²) in [5, 5.41) is 3.11. The lowest BCUT2D eigenvalue weighted by Gasteiger charge is -2.09. The largest absolute Gasteiger partial charge is 0.492 e. The molecule has 0 saturated carbocycles. The number of nitrogens with zero attached hydrogens (tertiary/aromatic N) is 2. The van der Waals surface area contributed by atoms with E-state index in [-0.39, 0.29) is 0 Å². The van der Waals surface area contributed by atoms with Crippen LogP contribution in [0.4, 0.5) is 5.95 Å². The Kier molecular flexibility index (Phi) is 5.21. The maximum absolute atomic E-state index is 11.6. The Bertz CT molecular complexity index is 853. The van der Waals surface area contributed by atoms with Gasteiger partial charge in [0.15, 0.2) is 0 Å². The first-order valence-corrected chi connectivity index (χ1v) is 7.88. The van der Waals surface area contributed by atoms with Crippen molar-refractivity contribution < 1.29 is 9.53 Å². The predicted molar refractivity (Wildman–Crippen MR) is 96.4 cm³/mol. The molecule has 0 aliphatic carbocycles. The van der Waals surface area contributed by atoms with Gasteiger partial charge in [-0.3, -0.25) is 4.79 Å². The first kappa shape index (κ1) is 16.4. The van der Waals surface area contributed by atoms with Crippen molar-refractivity contribution in [3.8, 4) is 17.0 Å². The van der Waals surface area contributed by atoms with Gasteiger partial charge < -0.3 is 15.8 Å². The number of carbonyl (C=O) groups excluding carboxylic acids is 1. The van der Waals surface area contributed by atoms with Crippen LogP contribution in [0.25, 0.3) is 11.3 Å². The number of anilines is 1. The molecule has 0 spiro atoms. The van der Waals surface area contributed by atoms with Crippen molar-refractivity contribution in [2.24, 2.45) is 5.73 Å². The second-order valence-electron chi connectivity index (χ2n) is 5.26. The number of benzene rings is 2. The molecule has 1 aromatic heterocycles. The third kappa shape index (κ3) is 4.32. The summed E-state index contributed by atoms with van der Waals surface area (Å²) in [6.45, 7) is 1.03. The summed E-state index contributed by atoms with van der Waals surface area (Å²) in [6.07, 6.45) is 1.64. The van der Waals surface area contributed by atoms with Crippen molar-refractivity contribution in [1.29, 1.82) is 0 Å². The number of hydrogen-bond acceptors (Lipinski definition) is 5. The minimum absolute atomic E-state index is 0.430. The topological polar surface area (TPSA) is 90.1 Å². The van der Waals surface area contributed by atoms with Crippen molar-refractivity contribution in [3.05, 3.63) is 72.4 Å². The smallest absolute Gasteiger partial charge is 0.249 e. The Morgan fingerprint density at radius 1 is 1.04 bits per heavy atom. The fraction of sp³-hybridized carbons (Fsp3) is 0.105. The van der Waals surface area contributed by atoms with Crippen LogP contribution in [0.3, 0.4) is 0 Å². The molecule has 0 fully saturated rings. The molecule has 126 valence electrons. The Morgan fingerprint density at radius 3 is 2.60 bits per heavy atom. The third-order valence-corrected chi connectivity index (χ3v) is 3.52. The molecular formula is C19H18N4O2. The molecule has 0 aliphatic rings. The highest BCUT2D eigenvalue weighted by molar-refractivity contribution is 5.99. The summed E-state index contributed by atoms with van der Waals surface area (Å²) in [5.74, 6) is 0.794. The maximum Gasteiger partial charge on any atom is 0.249 e. The van der Waals surface area contributed by atoms with Crippen LogP contribution in [0.2, 0.25) is 0 Å². The Morgan fingerprint density at radius 2 is 1.80 bits per heavy atom. The molecule has 0 bridgehead atoms. The molecule has 0 unspecified atom stereocenters. The van der Waals surface area contributed by atoms with Crippen LogP contribution in [-0.4, -0.2) is 29.0 Å². The number of nitrogens with two attached hydrogens (primary N) is 1. The summed E-state index contributed by atoms with van der Waals surface area (Å²) in [5.41, 5.74) is 7.18. The van der Waals surface area contributed by atoms with Crippen molar-refractivity contribution in [2.45, 2.75) is 0 Å². The molecule has 0 aliphatic heterocycles. The second-order valence-corrected chi connectivity index (χ2v) is 5.26. The third-order valence-electron chi connectivity index (χ3n) is 3.52. The van der Waals surface area contributed by atoms with E-state index in [0.717, 1.165) is 5.75 Å². The summed E-state index contributed by atoms with van der Waals surface area (Å²) in [7, 11) is 0. The molecule has 3 aromatic rings. The van der Waals surface area contributed by atoms with E-state index >= 15 is 0 Å². The fourth-order valence-corrected chi connectivity index (χ4v) is 2.36. The van der Waals surface area contributed by atoms with Crippen molar-refractivity contribution in [1.82, 2.24) is 9.97 Å². The van der Waals surface area contributed by atoms with Crippen LogP contribution in [0.15, 0.2) is 66.9 Å². The van der Waals surface area contributed by atoms with Crippen molar-refractivity contribution in [2.75, 3.05) is 18.5 Å². The van der Waals surface area contributed by atoms with Gasteiger partial charge in [0.25, 0.3) is 0 Å². The van der Waals surface area contributed by atoms with Gasteiger partial charge in [0, 0.05) is 17.3 Å². The van der Waals surface area contributed by atoms with Crippen LogP contribution >= 0.6 is 0 Å². The molecule has 6 nitrogen and oxygen atoms in total. The lowest BCUT2D eigenvalue weighted by molar-refractivity contribution is 0.100. The van der Waals surface area contributed by atoms with E-state index in [9.17, 15) is 4.79 Å². The molecule has 25 heavy (non-hydrogen) atoms. The Labute approximate surface area is 145 Å². The average Bonchev–Trinajstić information content (AvgIpc) is 2.66. The van der Waals surface area contributed by atoms with Crippen LogP contribution in [-0.2, 0) is 0 Å². The zero-order valence-electron chi connectivity index (χ0n) is 13.6. The number of hydrogen-bond donors (Lipinski definition) is 2. The van der Waals surface area contributed by atoms with Gasteiger partial charge in [-0.2, -0.15) is 0 Å². The maximum atomic E-state index is 11.6. The van der Waals surface area contributed by atoms with E-state index in [1.165, 1.54) is 0 Å². The SMILES string of the molecule is NC(=O)c1ccccc1-c1ccnc(NCCOc2ccccc2)n1. The first-order valence-electron chi connectivity index (χ1n) is 7.88. The van der Waals surface area contributed by atoms with Crippen LogP contribution in [0, 0.1) is 0 Å². The molecule has 3 rings (SSSR count). The van der Waals surface area contributed by atoms with Gasteiger partial charge >= 0.3 is 0 Å². The number of primary amides is 1. The van der Waals surface area contributed by atoms with Gasteiger partial charge in [0.2, 0.25) is 11.9 Å². The highest BCUT2D eigenvalue weighted by Gasteiger charge is 2.11. The molecule has 0 atom stereocenters. The quantitative estimate of drug-likeness (QED) is 0.648. The van der Waals surface area contributed by atoms with E-state index < -0.39 is 5.91 Å². The number of amides is 1. The van der Waals surface area contributed by atoms with Crippen LogP contribution in [0.5, 0.6) is 5.75 Å². The van der Waals surface area contributed by atoms with E-state index in [2.05, 4.69) is 15.3 Å². The average molecular weight is 334 g/mol. The summed E-state index contributed by atoms with van der Waals surface area (Å²) >= 11 is 0. The van der Waals surface area contributed by atoms with E-state index in [0.29, 0.717) is 35.9 Å². The molecule has 1 amide bonds. The van der Waals surface area contributed by atoms with Gasteiger partial charge in [0.1, 0.15) is 12.4 Å². The second kappa shape index (κ2) is 7.92. The number of nitrogens with one attached hydrogen (secondary N) is 1. The number of para-hydroxylation sites is 1. The monoisotopic (exact) mass is 334 g/mol. The predicted octanol–water partition coefficient (Wildman–Crippen LogP) is 2.73. The van der Waals surface area contributed by atoms with Crippen molar-refractivity contribution in [3.63, 3.8) is 0 Å². The van der Waals surface area contributed by atoms with Crippen LogP contribution < -0.4 is 15.8 Å². The van der Waals surface area contributed by atoms with E-state index in [1.807, 2.05) is 42.5 Å². The minimum atomic E-state index is -0.486. The van der Waals surface area contributed by atoms with Gasteiger partial charge in [-0.25, -0.2) is 9.97 Å². The zero-order valence-corrected chi connectivity index (χ0v) is 13.6. The van der Waals surface area contributed by atoms with Gasteiger partial charge in [-0.15, -0.1) is 0 Å². The lowest BCUT2D eigenvalue weighted by Crippen LogP contribution is -2.14. The van der Waals surface area contributed by atoms with Gasteiger partial charge in [-0.05, 0) is 24.3 Å². The highest BCUT2D eigenvalue weighted by Crippen LogP contribution is 2.21. The highest BCUT2D eigenvalue weighted by atomic mass is 16.5. The molecule has 0 saturated heterocycles. The number of ether oxygens (including phenoxy) is 1. The standard InChI is InChI=1S/C19H18N4O2/c20-18(24)16-9-5-4-8-15(16)17-10-11-21-19(23-17)22-12-13-25-14-6-2-1-3-7-14/h1-11H,12-13H2,(H2,20,24)(H,21,22,23). The lowest BCUT2D eigenvalue weighted by atomic mass is 10.0. The Balaban J connectivity index is 1.65. The molecule has 2 aromatic carbocycles. The molecule has 0 radical (unpaired) electrons. The fourth-order valence-electron chi connectivity index (χ4n) is 2.36. The minimum Gasteiger partial charge on any atom is -0.492 e. The number of carbonyl (C=O) groups is 1. The normalized spacial score (nSPS) is 10.2. The summed E-state index contributed by atoms with van der Waals surface area (Å²) in [6, 6.07) is 18.4. The van der Waals surface area contributed by atoms with Crippen LogP contribution in [0.1, 0.15) is 10.4 Å². The van der Waals surface area contributed by atoms with E-state index in [1.54, 1.807) is 24.4 Å². The Hall–Kier alpha value is -3.41. The molecular weight excluding hydrogens is 316 g/mol. The molecule has 3 N–H and O–H groups in total. The van der Waals surface area contributed by atoms with Gasteiger partial charge in [0.05, 0.1) is 12.2 Å². The van der Waals surface area contributed by atoms with Crippen molar-refractivity contribution >= 4 is 11.9 Å². The molecule has 6 heteroatoms. The first-order chi connectivity index (χ1) is 12.2.